The topological polar surface area (TPSA) is 78.7 Å². The lowest BCUT2D eigenvalue weighted by molar-refractivity contribution is 0.102. The number of aromatic nitrogens is 5. The predicted molar refractivity (Wildman–Crippen MR) is 127 cm³/mol. The molecule has 2 aromatic carbocycles. The van der Waals surface area contributed by atoms with Gasteiger partial charge in [0.05, 0.1) is 5.75 Å². The van der Waals surface area contributed by atoms with Gasteiger partial charge in [0.25, 0.3) is 0 Å². The Kier molecular flexibility index (Phi) is 5.66. The second kappa shape index (κ2) is 8.91. The molecule has 0 saturated heterocycles. The van der Waals surface area contributed by atoms with Crippen molar-refractivity contribution in [3.63, 3.8) is 0 Å². The standard InChI is InChI=1S/C25H21N5O2S/c1-17-15-21(18(2)29(17)23-13-14-32-28-23)22(31)16-33-25-27-26-24(19-9-5-3-6-10-19)30(25)20-11-7-4-8-12-20/h3-15H,16H2,1-2H3. The first-order valence-corrected chi connectivity index (χ1v) is 11.4. The fourth-order valence-corrected chi connectivity index (χ4v) is 4.71. The van der Waals surface area contributed by atoms with E-state index in [1.54, 1.807) is 6.07 Å². The van der Waals surface area contributed by atoms with Crippen LogP contribution in [-0.4, -0.2) is 36.0 Å². The first-order valence-electron chi connectivity index (χ1n) is 10.5. The molecule has 0 unspecified atom stereocenters. The van der Waals surface area contributed by atoms with Gasteiger partial charge in [0.1, 0.15) is 6.26 Å². The predicted octanol–water partition coefficient (Wildman–Crippen LogP) is 5.30. The molecule has 3 heterocycles. The van der Waals surface area contributed by atoms with Gasteiger partial charge in [-0.1, -0.05) is 65.4 Å². The van der Waals surface area contributed by atoms with E-state index in [1.807, 2.05) is 89.7 Å². The van der Waals surface area contributed by atoms with Crippen LogP contribution < -0.4 is 0 Å². The monoisotopic (exact) mass is 455 g/mol. The summed E-state index contributed by atoms with van der Waals surface area (Å²) in [4.78, 5) is 13.2. The molecule has 5 rings (SSSR count). The van der Waals surface area contributed by atoms with E-state index in [9.17, 15) is 4.79 Å². The number of aryl methyl sites for hydroxylation is 1. The largest absolute Gasteiger partial charge is 0.363 e. The van der Waals surface area contributed by atoms with E-state index >= 15 is 0 Å². The second-order valence-corrected chi connectivity index (χ2v) is 8.48. The molecule has 164 valence electrons. The molecule has 0 aliphatic carbocycles. The van der Waals surface area contributed by atoms with Gasteiger partial charge < -0.3 is 4.52 Å². The van der Waals surface area contributed by atoms with E-state index < -0.39 is 0 Å². The van der Waals surface area contributed by atoms with Crippen molar-refractivity contribution in [1.29, 1.82) is 0 Å². The van der Waals surface area contributed by atoms with Gasteiger partial charge in [-0.3, -0.25) is 13.9 Å². The molecule has 0 bridgehead atoms. The number of nitrogens with zero attached hydrogens (tertiary/aromatic N) is 5. The number of hydrogen-bond donors (Lipinski definition) is 0. The number of carbonyl (C=O) groups excluding carboxylic acids is 1. The molecule has 0 aliphatic heterocycles. The zero-order valence-electron chi connectivity index (χ0n) is 18.2. The van der Waals surface area contributed by atoms with E-state index in [4.69, 9.17) is 4.52 Å². The summed E-state index contributed by atoms with van der Waals surface area (Å²) in [5.74, 6) is 1.66. The average Bonchev–Trinajstić information content (AvgIpc) is 3.58. The summed E-state index contributed by atoms with van der Waals surface area (Å²) in [7, 11) is 0. The first-order chi connectivity index (χ1) is 16.1. The van der Waals surface area contributed by atoms with Gasteiger partial charge in [0.2, 0.25) is 0 Å². The molecular formula is C25H21N5O2S. The Morgan fingerprint density at radius 1 is 0.939 bits per heavy atom. The Hall–Kier alpha value is -3.91. The quantitative estimate of drug-likeness (QED) is 0.245. The van der Waals surface area contributed by atoms with Crippen molar-refractivity contribution in [1.82, 2.24) is 24.5 Å². The third kappa shape index (κ3) is 4.01. The van der Waals surface area contributed by atoms with Gasteiger partial charge in [0, 0.05) is 34.3 Å². The molecule has 33 heavy (non-hydrogen) atoms. The second-order valence-electron chi connectivity index (χ2n) is 7.53. The summed E-state index contributed by atoms with van der Waals surface area (Å²) in [6.45, 7) is 3.86. The maximum atomic E-state index is 13.2. The molecule has 8 heteroatoms. The number of carbonyl (C=O) groups is 1. The summed E-state index contributed by atoms with van der Waals surface area (Å²) in [5, 5.41) is 13.5. The zero-order chi connectivity index (χ0) is 22.8. The lowest BCUT2D eigenvalue weighted by atomic mass is 10.2. The molecule has 0 radical (unpaired) electrons. The van der Waals surface area contributed by atoms with E-state index in [2.05, 4.69) is 15.4 Å². The van der Waals surface area contributed by atoms with Crippen LogP contribution in [-0.2, 0) is 0 Å². The highest BCUT2D eigenvalue weighted by Crippen LogP contribution is 2.29. The van der Waals surface area contributed by atoms with Crippen LogP contribution in [0.4, 0.5) is 0 Å². The summed E-state index contributed by atoms with van der Waals surface area (Å²) < 4.78 is 8.88. The maximum Gasteiger partial charge on any atom is 0.196 e. The Morgan fingerprint density at radius 3 is 2.36 bits per heavy atom. The van der Waals surface area contributed by atoms with Crippen molar-refractivity contribution in [2.45, 2.75) is 19.0 Å². The molecular weight excluding hydrogens is 434 g/mol. The molecule has 5 aromatic rings. The van der Waals surface area contributed by atoms with Crippen molar-refractivity contribution >= 4 is 17.5 Å². The van der Waals surface area contributed by atoms with Crippen molar-refractivity contribution in [3.8, 4) is 22.9 Å². The smallest absolute Gasteiger partial charge is 0.196 e. The van der Waals surface area contributed by atoms with Gasteiger partial charge in [0.15, 0.2) is 22.6 Å². The minimum Gasteiger partial charge on any atom is -0.363 e. The normalized spacial score (nSPS) is 11.1. The molecule has 3 aromatic heterocycles. The molecule has 0 saturated carbocycles. The van der Waals surface area contributed by atoms with E-state index in [-0.39, 0.29) is 11.5 Å². The van der Waals surface area contributed by atoms with Crippen molar-refractivity contribution < 1.29 is 9.32 Å². The van der Waals surface area contributed by atoms with E-state index in [0.29, 0.717) is 16.5 Å². The minimum absolute atomic E-state index is 0.0201. The number of para-hydroxylation sites is 1. The minimum atomic E-state index is 0.0201. The number of Topliss-reactive ketones (excluding diaryl/α,β-unsaturated/α-hetero) is 1. The Labute approximate surface area is 195 Å². The molecule has 7 nitrogen and oxygen atoms in total. The van der Waals surface area contributed by atoms with Crippen molar-refractivity contribution in [2.75, 3.05) is 5.75 Å². The van der Waals surface area contributed by atoms with Gasteiger partial charge in [-0.15, -0.1) is 10.2 Å². The fraction of sp³-hybridized carbons (Fsp3) is 0.120. The van der Waals surface area contributed by atoms with Crippen LogP contribution in [0.2, 0.25) is 0 Å². The highest BCUT2D eigenvalue weighted by Gasteiger charge is 2.21. The van der Waals surface area contributed by atoms with Crippen molar-refractivity contribution in [2.24, 2.45) is 0 Å². The SMILES string of the molecule is Cc1cc(C(=O)CSc2nnc(-c3ccccc3)n2-c2ccccc2)c(C)n1-c1ccon1. The molecule has 0 atom stereocenters. The first kappa shape index (κ1) is 21.0. The molecule has 0 spiro atoms. The maximum absolute atomic E-state index is 13.2. The van der Waals surface area contributed by atoms with Gasteiger partial charge >= 0.3 is 0 Å². The summed E-state index contributed by atoms with van der Waals surface area (Å²) in [6, 6.07) is 23.5. The zero-order valence-corrected chi connectivity index (χ0v) is 19.0. The molecule has 0 aliphatic rings. The summed E-state index contributed by atoms with van der Waals surface area (Å²) in [5.41, 5.74) is 4.33. The lowest BCUT2D eigenvalue weighted by Crippen LogP contribution is -2.07. The van der Waals surface area contributed by atoms with Crippen LogP contribution >= 0.6 is 11.8 Å². The summed E-state index contributed by atoms with van der Waals surface area (Å²) >= 11 is 1.38. The van der Waals surface area contributed by atoms with Gasteiger partial charge in [-0.2, -0.15) is 0 Å². The van der Waals surface area contributed by atoms with Crippen LogP contribution in [0.25, 0.3) is 22.9 Å². The number of hydrogen-bond acceptors (Lipinski definition) is 6. The number of benzene rings is 2. The van der Waals surface area contributed by atoms with Crippen molar-refractivity contribution in [3.05, 3.63) is 96.0 Å². The lowest BCUT2D eigenvalue weighted by Gasteiger charge is -2.10. The molecule has 0 fully saturated rings. The number of ketones is 1. The third-order valence-corrected chi connectivity index (χ3v) is 6.33. The van der Waals surface area contributed by atoms with E-state index in [1.165, 1.54) is 18.0 Å². The van der Waals surface area contributed by atoms with Gasteiger partial charge in [-0.25, -0.2) is 0 Å². The fourth-order valence-electron chi connectivity index (χ4n) is 3.87. The average molecular weight is 456 g/mol. The Bertz CT molecular complexity index is 1390. The number of thioether (sulfide) groups is 1. The van der Waals surface area contributed by atoms with Crippen LogP contribution in [0.1, 0.15) is 21.7 Å². The Balaban J connectivity index is 1.45. The highest BCUT2D eigenvalue weighted by molar-refractivity contribution is 7.99. The third-order valence-electron chi connectivity index (χ3n) is 5.40. The Morgan fingerprint density at radius 2 is 1.67 bits per heavy atom. The molecule has 0 amide bonds. The van der Waals surface area contributed by atoms with Crippen LogP contribution in [0.3, 0.4) is 0 Å². The summed E-state index contributed by atoms with van der Waals surface area (Å²) in [6.07, 6.45) is 1.52. The highest BCUT2D eigenvalue weighted by atomic mass is 32.2. The van der Waals surface area contributed by atoms with E-state index in [0.717, 1.165) is 28.5 Å². The van der Waals surface area contributed by atoms with Gasteiger partial charge in [-0.05, 0) is 32.0 Å². The van der Waals surface area contributed by atoms with Crippen LogP contribution in [0, 0.1) is 13.8 Å². The van der Waals surface area contributed by atoms with Crippen LogP contribution in [0.15, 0.2) is 88.7 Å². The van der Waals surface area contributed by atoms with Crippen LogP contribution in [0.5, 0.6) is 0 Å². The number of rotatable bonds is 7. The molecule has 0 N–H and O–H groups in total.